The number of rotatable bonds is 4. The average Bonchev–Trinajstić information content (AvgIpc) is 1.55. The summed E-state index contributed by atoms with van der Waals surface area (Å²) in [5, 5.41) is 0. The molecule has 0 saturated carbocycles. The lowest BCUT2D eigenvalue weighted by Gasteiger charge is -2.10. The second-order valence-corrected chi connectivity index (χ2v) is 8.40. The van der Waals surface area contributed by atoms with Crippen molar-refractivity contribution in [3.8, 4) is 0 Å². The van der Waals surface area contributed by atoms with Crippen molar-refractivity contribution in [2.45, 2.75) is 0 Å². The molecule has 0 amide bonds. The van der Waals surface area contributed by atoms with E-state index >= 15 is 0 Å². The van der Waals surface area contributed by atoms with Gasteiger partial charge in [-0.25, -0.2) is 0 Å². The number of hydrogen-bond donors (Lipinski definition) is 0. The summed E-state index contributed by atoms with van der Waals surface area (Å²) in [5.41, 5.74) is 0. The zero-order chi connectivity index (χ0) is 9.12. The topological polar surface area (TPSA) is 52.6 Å². The predicted molar refractivity (Wildman–Crippen MR) is 45.9 cm³/mol. The van der Waals surface area contributed by atoms with Gasteiger partial charge in [0.15, 0.2) is 21.5 Å². The van der Waals surface area contributed by atoms with Gasteiger partial charge in [0.1, 0.15) is 0 Å². The van der Waals surface area contributed by atoms with Crippen LogP contribution in [0.5, 0.6) is 0 Å². The van der Waals surface area contributed by atoms with E-state index in [2.05, 4.69) is 0 Å². The first-order valence-corrected chi connectivity index (χ1v) is 8.13. The Balaban J connectivity index is 3.61. The Morgan fingerprint density at radius 1 is 0.909 bits per heavy atom. The highest BCUT2D eigenvalue weighted by Crippen LogP contribution is 2.41. The van der Waals surface area contributed by atoms with E-state index in [1.54, 1.807) is 0 Å². The van der Waals surface area contributed by atoms with Crippen LogP contribution in [0.15, 0.2) is 0 Å². The molecule has 0 N–H and O–H groups in total. The first-order valence-electron chi connectivity index (χ1n) is 3.10. The van der Waals surface area contributed by atoms with Gasteiger partial charge in [-0.2, -0.15) is 0 Å². The standard InChI is InChI=1S/C5H14O4P2/c1-10(2,6)8-5-9-11(3,4)7/h5H2,1-4H3. The van der Waals surface area contributed by atoms with Gasteiger partial charge in [-0.05, 0) is 0 Å². The van der Waals surface area contributed by atoms with Crippen LogP contribution in [-0.2, 0) is 18.2 Å². The summed E-state index contributed by atoms with van der Waals surface area (Å²) < 4.78 is 31.3. The molecule has 0 radical (unpaired) electrons. The van der Waals surface area contributed by atoms with Crippen molar-refractivity contribution in [3.63, 3.8) is 0 Å². The Kier molecular flexibility index (Phi) is 3.99. The van der Waals surface area contributed by atoms with Crippen LogP contribution in [0.1, 0.15) is 0 Å². The molecule has 0 aliphatic heterocycles. The largest absolute Gasteiger partial charge is 0.301 e. The Hall–Kier alpha value is 0.380. The van der Waals surface area contributed by atoms with Crippen molar-refractivity contribution in [1.29, 1.82) is 0 Å². The van der Waals surface area contributed by atoms with Gasteiger partial charge in [0, 0.05) is 26.7 Å². The van der Waals surface area contributed by atoms with Gasteiger partial charge in [-0.1, -0.05) is 0 Å². The fourth-order valence-electron chi connectivity index (χ4n) is 0.277. The maximum atomic E-state index is 10.9. The van der Waals surface area contributed by atoms with Gasteiger partial charge in [0.2, 0.25) is 0 Å². The van der Waals surface area contributed by atoms with E-state index < -0.39 is 14.7 Å². The second kappa shape index (κ2) is 3.86. The van der Waals surface area contributed by atoms with Crippen LogP contribution >= 0.6 is 14.7 Å². The fourth-order valence-corrected chi connectivity index (χ4v) is 0.974. The molecule has 0 fully saturated rings. The molecule has 0 saturated heterocycles. The lowest BCUT2D eigenvalue weighted by Crippen LogP contribution is -1.94. The smallest absolute Gasteiger partial charge is 0.199 e. The van der Waals surface area contributed by atoms with E-state index in [1.165, 1.54) is 26.7 Å². The highest BCUT2D eigenvalue weighted by atomic mass is 31.2. The van der Waals surface area contributed by atoms with Crippen LogP contribution < -0.4 is 0 Å². The second-order valence-electron chi connectivity index (χ2n) is 2.88. The quantitative estimate of drug-likeness (QED) is 0.514. The molecule has 0 atom stereocenters. The summed E-state index contributed by atoms with van der Waals surface area (Å²) in [6.45, 7) is 5.76. The van der Waals surface area contributed by atoms with Gasteiger partial charge in [0.05, 0.1) is 0 Å². The van der Waals surface area contributed by atoms with Crippen LogP contribution in [0, 0.1) is 0 Å². The van der Waals surface area contributed by atoms with E-state index in [-0.39, 0.29) is 6.79 Å². The lowest BCUT2D eigenvalue weighted by atomic mass is 11.6. The number of hydrogen-bond acceptors (Lipinski definition) is 4. The molecule has 0 aromatic carbocycles. The third-order valence-corrected chi connectivity index (χ3v) is 2.18. The molecule has 0 unspecified atom stereocenters. The van der Waals surface area contributed by atoms with Gasteiger partial charge < -0.3 is 9.05 Å². The molecule has 0 rings (SSSR count). The van der Waals surface area contributed by atoms with E-state index in [0.29, 0.717) is 0 Å². The minimum Gasteiger partial charge on any atom is -0.301 e. The van der Waals surface area contributed by atoms with Gasteiger partial charge >= 0.3 is 0 Å². The maximum Gasteiger partial charge on any atom is 0.199 e. The van der Waals surface area contributed by atoms with E-state index in [4.69, 9.17) is 9.05 Å². The van der Waals surface area contributed by atoms with E-state index in [1.807, 2.05) is 0 Å². The molecule has 6 heteroatoms. The van der Waals surface area contributed by atoms with Crippen LogP contribution in [0.25, 0.3) is 0 Å². The zero-order valence-corrected chi connectivity index (χ0v) is 9.02. The van der Waals surface area contributed by atoms with Gasteiger partial charge in [-0.15, -0.1) is 0 Å². The van der Waals surface area contributed by atoms with Gasteiger partial charge in [0.25, 0.3) is 0 Å². The molecule has 0 aliphatic carbocycles. The summed E-state index contributed by atoms with van der Waals surface area (Å²) in [6.07, 6.45) is 0. The normalized spacial score (nSPS) is 13.5. The van der Waals surface area contributed by atoms with Crippen LogP contribution in [0.3, 0.4) is 0 Å². The molecule has 68 valence electrons. The van der Waals surface area contributed by atoms with Crippen molar-refractivity contribution < 1.29 is 18.2 Å². The molecular formula is C5H14O4P2. The summed E-state index contributed by atoms with van der Waals surface area (Å²) in [6, 6.07) is 0. The Bertz CT molecular complexity index is 179. The first kappa shape index (κ1) is 11.4. The average molecular weight is 200 g/mol. The Morgan fingerprint density at radius 2 is 1.18 bits per heavy atom. The molecule has 0 aromatic heterocycles. The molecule has 4 nitrogen and oxygen atoms in total. The molecule has 0 aliphatic rings. The highest BCUT2D eigenvalue weighted by molar-refractivity contribution is 7.58. The SMILES string of the molecule is CP(C)(=O)OCOP(C)(C)=O. The Labute approximate surface area is 67.2 Å². The Morgan fingerprint density at radius 3 is 1.36 bits per heavy atom. The third-order valence-electron chi connectivity index (χ3n) is 0.727. The lowest BCUT2D eigenvalue weighted by molar-refractivity contribution is 0.130. The molecule has 0 aromatic rings. The monoisotopic (exact) mass is 200 g/mol. The van der Waals surface area contributed by atoms with Crippen LogP contribution in [0.4, 0.5) is 0 Å². The summed E-state index contributed by atoms with van der Waals surface area (Å²) in [7, 11) is -5.00. The van der Waals surface area contributed by atoms with Crippen molar-refractivity contribution in [2.24, 2.45) is 0 Å². The van der Waals surface area contributed by atoms with Crippen molar-refractivity contribution >= 4 is 14.7 Å². The minimum absolute atomic E-state index is 0.158. The van der Waals surface area contributed by atoms with Gasteiger partial charge in [-0.3, -0.25) is 9.13 Å². The molecular weight excluding hydrogens is 186 g/mol. The highest BCUT2D eigenvalue weighted by Gasteiger charge is 2.10. The van der Waals surface area contributed by atoms with Crippen molar-refractivity contribution in [3.05, 3.63) is 0 Å². The molecule has 11 heavy (non-hydrogen) atoms. The van der Waals surface area contributed by atoms with Crippen LogP contribution in [-0.4, -0.2) is 33.5 Å². The molecule has 0 heterocycles. The first-order chi connectivity index (χ1) is 4.71. The van der Waals surface area contributed by atoms with E-state index in [9.17, 15) is 9.13 Å². The summed E-state index contributed by atoms with van der Waals surface area (Å²) >= 11 is 0. The summed E-state index contributed by atoms with van der Waals surface area (Å²) in [4.78, 5) is 0. The predicted octanol–water partition coefficient (Wildman–Crippen LogP) is 2.05. The summed E-state index contributed by atoms with van der Waals surface area (Å²) in [5.74, 6) is 0. The third kappa shape index (κ3) is 10.4. The van der Waals surface area contributed by atoms with Crippen molar-refractivity contribution in [1.82, 2.24) is 0 Å². The van der Waals surface area contributed by atoms with Crippen LogP contribution in [0.2, 0.25) is 0 Å². The maximum absolute atomic E-state index is 10.9. The molecule has 0 bridgehead atoms. The zero-order valence-electron chi connectivity index (χ0n) is 7.23. The van der Waals surface area contributed by atoms with Crippen molar-refractivity contribution in [2.75, 3.05) is 33.5 Å². The fraction of sp³-hybridized carbons (Fsp3) is 1.00. The van der Waals surface area contributed by atoms with E-state index in [0.717, 1.165) is 0 Å². The molecule has 0 spiro atoms. The minimum atomic E-state index is -2.50.